The molecule has 0 bridgehead atoms. The monoisotopic (exact) mass is 354 g/mol. The van der Waals surface area contributed by atoms with Gasteiger partial charge in [0.05, 0.1) is 6.61 Å². The van der Waals surface area contributed by atoms with Gasteiger partial charge in [0.2, 0.25) is 10.0 Å². The maximum atomic E-state index is 12.7. The number of carbonyl (C=O) groups is 1. The Labute approximate surface area is 144 Å². The second-order valence-electron chi connectivity index (χ2n) is 7.22. The maximum absolute atomic E-state index is 12.7. The molecule has 0 spiro atoms. The van der Waals surface area contributed by atoms with E-state index >= 15 is 0 Å². The van der Waals surface area contributed by atoms with Crippen LogP contribution in [0.4, 0.5) is 0 Å². The summed E-state index contributed by atoms with van der Waals surface area (Å²) >= 11 is 0. The van der Waals surface area contributed by atoms with Crippen molar-refractivity contribution in [2.24, 2.45) is 0 Å². The minimum absolute atomic E-state index is 0.0674. The third kappa shape index (κ3) is 3.62. The van der Waals surface area contributed by atoms with Crippen LogP contribution in [0.15, 0.2) is 18.5 Å². The Hall–Kier alpha value is -1.47. The second kappa shape index (κ2) is 6.80. The number of hydrogen-bond acceptors (Lipinski definition) is 5. The van der Waals surface area contributed by atoms with Gasteiger partial charge in [-0.3, -0.25) is 9.78 Å². The molecule has 1 aliphatic carbocycles. The van der Waals surface area contributed by atoms with Crippen LogP contribution < -0.4 is 4.72 Å². The molecular formula is C17H26N2O4S. The van der Waals surface area contributed by atoms with Gasteiger partial charge in [0.25, 0.3) is 0 Å². The van der Waals surface area contributed by atoms with Crippen molar-refractivity contribution in [3.8, 4) is 0 Å². The highest BCUT2D eigenvalue weighted by molar-refractivity contribution is 7.91. The number of sulfonamides is 1. The fourth-order valence-electron chi connectivity index (χ4n) is 2.65. The van der Waals surface area contributed by atoms with Crippen molar-refractivity contribution in [2.45, 2.75) is 63.7 Å². The first-order valence-electron chi connectivity index (χ1n) is 8.23. The van der Waals surface area contributed by atoms with Crippen LogP contribution in [0.25, 0.3) is 0 Å². The Morgan fingerprint density at radius 1 is 1.33 bits per heavy atom. The number of ether oxygens (including phenoxy) is 1. The molecule has 1 heterocycles. The molecular weight excluding hydrogens is 328 g/mol. The van der Waals surface area contributed by atoms with Gasteiger partial charge in [-0.1, -0.05) is 26.8 Å². The number of esters is 1. The normalized spacial score (nSPS) is 17.2. The first-order chi connectivity index (χ1) is 11.1. The molecule has 0 aromatic carbocycles. The topological polar surface area (TPSA) is 85.4 Å². The smallest absolute Gasteiger partial charge is 0.328 e. The van der Waals surface area contributed by atoms with E-state index in [1.165, 1.54) is 0 Å². The van der Waals surface area contributed by atoms with Gasteiger partial charge in [0, 0.05) is 18.9 Å². The number of hydrogen-bond donors (Lipinski definition) is 1. The lowest BCUT2D eigenvalue weighted by atomic mass is 9.84. The van der Waals surface area contributed by atoms with Crippen LogP contribution in [0.1, 0.15) is 58.1 Å². The summed E-state index contributed by atoms with van der Waals surface area (Å²) in [6.07, 6.45) is 4.74. The van der Waals surface area contributed by atoms with Gasteiger partial charge >= 0.3 is 5.97 Å². The van der Waals surface area contributed by atoms with Gasteiger partial charge in [-0.2, -0.15) is 0 Å². The minimum atomic E-state index is -3.81. The Balaban J connectivity index is 2.14. The maximum Gasteiger partial charge on any atom is 0.328 e. The summed E-state index contributed by atoms with van der Waals surface area (Å²) < 4.78 is 31.5. The molecule has 0 atom stereocenters. The van der Waals surface area contributed by atoms with E-state index in [-0.39, 0.29) is 18.6 Å². The van der Waals surface area contributed by atoms with E-state index in [0.717, 1.165) is 11.1 Å². The van der Waals surface area contributed by atoms with Crippen LogP contribution in [0.3, 0.4) is 0 Å². The molecule has 0 saturated heterocycles. The van der Waals surface area contributed by atoms with Crippen LogP contribution in [-0.4, -0.2) is 30.7 Å². The van der Waals surface area contributed by atoms with Crippen molar-refractivity contribution in [3.05, 3.63) is 29.6 Å². The molecule has 1 fully saturated rings. The zero-order valence-electron chi connectivity index (χ0n) is 14.8. The van der Waals surface area contributed by atoms with Crippen molar-refractivity contribution in [1.29, 1.82) is 0 Å². The summed E-state index contributed by atoms with van der Waals surface area (Å²) in [7, 11) is -3.81. The van der Waals surface area contributed by atoms with E-state index in [2.05, 4.69) is 30.5 Å². The first kappa shape index (κ1) is 18.9. The molecule has 0 radical (unpaired) electrons. The van der Waals surface area contributed by atoms with Crippen molar-refractivity contribution in [2.75, 3.05) is 6.61 Å². The van der Waals surface area contributed by atoms with Crippen LogP contribution in [0, 0.1) is 0 Å². The van der Waals surface area contributed by atoms with E-state index in [9.17, 15) is 13.2 Å². The molecule has 7 heteroatoms. The van der Waals surface area contributed by atoms with Crippen molar-refractivity contribution >= 4 is 16.0 Å². The lowest BCUT2D eigenvalue weighted by Crippen LogP contribution is -2.57. The summed E-state index contributed by atoms with van der Waals surface area (Å²) in [4.78, 5) is 16.3. The quantitative estimate of drug-likeness (QED) is 0.792. The number of aromatic nitrogens is 1. The van der Waals surface area contributed by atoms with Gasteiger partial charge in [-0.05, 0) is 42.7 Å². The van der Waals surface area contributed by atoms with E-state index in [4.69, 9.17) is 4.74 Å². The zero-order valence-corrected chi connectivity index (χ0v) is 15.6. The molecule has 0 aliphatic heterocycles. The highest BCUT2D eigenvalue weighted by Gasteiger charge is 2.56. The largest absolute Gasteiger partial charge is 0.465 e. The Kier molecular flexibility index (Phi) is 5.34. The summed E-state index contributed by atoms with van der Waals surface area (Å²) in [6.45, 7) is 8.17. The van der Waals surface area contributed by atoms with Gasteiger partial charge in [-0.15, -0.1) is 0 Å². The summed E-state index contributed by atoms with van der Waals surface area (Å²) in [5.74, 6) is -0.648. The fraction of sp³-hybridized carbons (Fsp3) is 0.647. The summed E-state index contributed by atoms with van der Waals surface area (Å²) in [6, 6.07) is 1.94. The Morgan fingerprint density at radius 2 is 2.00 bits per heavy atom. The van der Waals surface area contributed by atoms with Gasteiger partial charge < -0.3 is 4.74 Å². The SMILES string of the molecule is CCOC(=O)C1(S(=O)(=O)NCc2cncc(C(C)(C)C)c2)CCC1. The minimum Gasteiger partial charge on any atom is -0.465 e. The number of nitrogens with zero attached hydrogens (tertiary/aromatic N) is 1. The van der Waals surface area contributed by atoms with Gasteiger partial charge in [-0.25, -0.2) is 13.1 Å². The molecule has 1 N–H and O–H groups in total. The van der Waals surface area contributed by atoms with Crippen molar-refractivity contribution in [3.63, 3.8) is 0 Å². The van der Waals surface area contributed by atoms with E-state index < -0.39 is 20.7 Å². The molecule has 2 rings (SSSR count). The third-order valence-electron chi connectivity index (χ3n) is 4.45. The predicted octanol–water partition coefficient (Wildman–Crippen LogP) is 2.28. The predicted molar refractivity (Wildman–Crippen MR) is 91.9 cm³/mol. The average Bonchev–Trinajstić information content (AvgIpc) is 2.43. The van der Waals surface area contributed by atoms with E-state index in [0.29, 0.717) is 19.3 Å². The zero-order chi connectivity index (χ0) is 18.0. The van der Waals surface area contributed by atoms with Crippen LogP contribution in [0.2, 0.25) is 0 Å². The molecule has 0 amide bonds. The van der Waals surface area contributed by atoms with Crippen LogP contribution in [-0.2, 0) is 31.5 Å². The second-order valence-corrected chi connectivity index (χ2v) is 9.30. The average molecular weight is 354 g/mol. The molecule has 1 aliphatic rings. The molecule has 1 aromatic heterocycles. The number of pyridine rings is 1. The number of carbonyl (C=O) groups excluding carboxylic acids is 1. The molecule has 24 heavy (non-hydrogen) atoms. The molecule has 6 nitrogen and oxygen atoms in total. The molecule has 0 unspecified atom stereocenters. The lowest BCUT2D eigenvalue weighted by molar-refractivity contribution is -0.148. The standard InChI is InChI=1S/C17H26N2O4S/c1-5-23-15(20)17(7-6-8-17)24(21,22)19-11-13-9-14(12-18-10-13)16(2,3)4/h9-10,12,19H,5-8,11H2,1-4H3. The third-order valence-corrected chi connectivity index (χ3v) is 6.58. The molecule has 134 valence electrons. The fourth-order valence-corrected chi connectivity index (χ4v) is 4.39. The summed E-state index contributed by atoms with van der Waals surface area (Å²) in [5.41, 5.74) is 1.73. The lowest BCUT2D eigenvalue weighted by Gasteiger charge is -2.38. The molecule has 1 saturated carbocycles. The van der Waals surface area contributed by atoms with E-state index in [1.807, 2.05) is 6.07 Å². The van der Waals surface area contributed by atoms with Crippen molar-refractivity contribution in [1.82, 2.24) is 9.71 Å². The Bertz CT molecular complexity index is 704. The summed E-state index contributed by atoms with van der Waals surface area (Å²) in [5, 5.41) is 0. The first-order valence-corrected chi connectivity index (χ1v) is 9.71. The highest BCUT2D eigenvalue weighted by atomic mass is 32.2. The van der Waals surface area contributed by atoms with Crippen LogP contribution in [0.5, 0.6) is 0 Å². The van der Waals surface area contributed by atoms with Gasteiger partial charge in [0.1, 0.15) is 0 Å². The van der Waals surface area contributed by atoms with E-state index in [1.54, 1.807) is 19.3 Å². The number of nitrogens with one attached hydrogen (secondary N) is 1. The Morgan fingerprint density at radius 3 is 2.50 bits per heavy atom. The van der Waals surface area contributed by atoms with Crippen LogP contribution >= 0.6 is 0 Å². The van der Waals surface area contributed by atoms with Gasteiger partial charge in [0.15, 0.2) is 4.75 Å². The highest BCUT2D eigenvalue weighted by Crippen LogP contribution is 2.40. The number of rotatable bonds is 6. The molecule has 1 aromatic rings. The van der Waals surface area contributed by atoms with Crippen molar-refractivity contribution < 1.29 is 17.9 Å².